The molecule has 29 heavy (non-hydrogen) atoms. The highest BCUT2D eigenvalue weighted by atomic mass is 16.1. The van der Waals surface area contributed by atoms with Crippen molar-refractivity contribution in [3.8, 4) is 0 Å². The molecule has 0 aliphatic carbocycles. The SMILES string of the molecule is CC(C)(C)c1ccc(C(=O)CCCn2cnc3c(N=C(N)N)nc(N)nc32)cc1. The highest BCUT2D eigenvalue weighted by molar-refractivity contribution is 5.96. The molecule has 152 valence electrons. The lowest BCUT2D eigenvalue weighted by atomic mass is 9.86. The minimum Gasteiger partial charge on any atom is -0.370 e. The Labute approximate surface area is 169 Å². The van der Waals surface area contributed by atoms with Crippen LogP contribution in [0.25, 0.3) is 11.2 Å². The van der Waals surface area contributed by atoms with E-state index in [2.05, 4.69) is 40.7 Å². The summed E-state index contributed by atoms with van der Waals surface area (Å²) in [5.74, 6) is 0.239. The second-order valence-corrected chi connectivity index (χ2v) is 7.91. The van der Waals surface area contributed by atoms with Crippen LogP contribution in [0.5, 0.6) is 0 Å². The second kappa shape index (κ2) is 7.86. The number of nitrogens with zero attached hydrogens (tertiary/aromatic N) is 5. The zero-order valence-electron chi connectivity index (χ0n) is 16.9. The van der Waals surface area contributed by atoms with E-state index in [-0.39, 0.29) is 28.9 Å². The first-order valence-electron chi connectivity index (χ1n) is 9.37. The molecule has 6 N–H and O–H groups in total. The molecule has 9 heteroatoms. The number of hydrogen-bond acceptors (Lipinski definition) is 6. The molecule has 0 radical (unpaired) electrons. The summed E-state index contributed by atoms with van der Waals surface area (Å²) in [7, 11) is 0. The van der Waals surface area contributed by atoms with E-state index < -0.39 is 0 Å². The standard InChI is InChI=1S/C20H26N8O/c1-20(2,3)13-8-6-12(7-9-13)14(29)5-4-10-28-11-24-15-16(25-18(21)22)26-19(23)27-17(15)28/h6-9,11H,4-5,10H2,1-3H3,(H6,21,22,23,25,26,27). The molecule has 0 amide bonds. The van der Waals surface area contributed by atoms with Crippen LogP contribution in [0.3, 0.4) is 0 Å². The predicted octanol–water partition coefficient (Wildman–Crippen LogP) is 2.27. The van der Waals surface area contributed by atoms with Crippen LogP contribution < -0.4 is 17.2 Å². The van der Waals surface area contributed by atoms with Gasteiger partial charge >= 0.3 is 0 Å². The largest absolute Gasteiger partial charge is 0.370 e. The van der Waals surface area contributed by atoms with Crippen molar-refractivity contribution in [2.45, 2.75) is 45.6 Å². The molecule has 0 spiro atoms. The molecule has 3 rings (SSSR count). The minimum atomic E-state index is -0.137. The van der Waals surface area contributed by atoms with Crippen LogP contribution in [0.1, 0.15) is 49.5 Å². The number of benzene rings is 1. The average Bonchev–Trinajstić information content (AvgIpc) is 3.03. The van der Waals surface area contributed by atoms with Crippen molar-refractivity contribution in [3.63, 3.8) is 0 Å². The monoisotopic (exact) mass is 394 g/mol. The van der Waals surface area contributed by atoms with Crippen LogP contribution in [0.15, 0.2) is 35.6 Å². The van der Waals surface area contributed by atoms with Gasteiger partial charge < -0.3 is 21.8 Å². The van der Waals surface area contributed by atoms with Crippen molar-refractivity contribution >= 4 is 34.7 Å². The smallest absolute Gasteiger partial charge is 0.224 e. The van der Waals surface area contributed by atoms with E-state index in [1.165, 1.54) is 5.56 Å². The van der Waals surface area contributed by atoms with Crippen LogP contribution in [0, 0.1) is 0 Å². The number of ketones is 1. The number of nitrogen functional groups attached to an aromatic ring is 1. The third-order valence-electron chi connectivity index (χ3n) is 4.57. The number of fused-ring (bicyclic) bond motifs is 1. The molecule has 1 aromatic carbocycles. The number of guanidine groups is 1. The van der Waals surface area contributed by atoms with Crippen molar-refractivity contribution in [2.24, 2.45) is 16.5 Å². The number of carbonyl (C=O) groups is 1. The maximum Gasteiger partial charge on any atom is 0.224 e. The number of imidazole rings is 1. The Morgan fingerprint density at radius 2 is 1.83 bits per heavy atom. The Hall–Kier alpha value is -3.49. The number of nitrogens with two attached hydrogens (primary N) is 3. The minimum absolute atomic E-state index is 0.0502. The molecule has 2 aromatic heterocycles. The molecule has 0 bridgehead atoms. The van der Waals surface area contributed by atoms with Gasteiger partial charge in [-0.3, -0.25) is 4.79 Å². The predicted molar refractivity (Wildman–Crippen MR) is 114 cm³/mol. The fraction of sp³-hybridized carbons (Fsp3) is 0.350. The second-order valence-electron chi connectivity index (χ2n) is 7.91. The van der Waals surface area contributed by atoms with Crippen LogP contribution in [0.4, 0.5) is 11.8 Å². The Kier molecular flexibility index (Phi) is 5.49. The lowest BCUT2D eigenvalue weighted by Gasteiger charge is -2.19. The molecule has 0 atom stereocenters. The van der Waals surface area contributed by atoms with E-state index in [0.717, 1.165) is 5.56 Å². The van der Waals surface area contributed by atoms with Crippen LogP contribution in [0.2, 0.25) is 0 Å². The average molecular weight is 394 g/mol. The lowest BCUT2D eigenvalue weighted by molar-refractivity contribution is 0.0978. The van der Waals surface area contributed by atoms with Crippen LogP contribution >= 0.6 is 0 Å². The van der Waals surface area contributed by atoms with E-state index >= 15 is 0 Å². The summed E-state index contributed by atoms with van der Waals surface area (Å²) in [4.78, 5) is 29.0. The third kappa shape index (κ3) is 4.68. The third-order valence-corrected chi connectivity index (χ3v) is 4.57. The number of carbonyl (C=O) groups excluding carboxylic acids is 1. The first kappa shape index (κ1) is 20.2. The summed E-state index contributed by atoms with van der Waals surface area (Å²) in [5, 5.41) is 0. The van der Waals surface area contributed by atoms with Gasteiger partial charge in [-0.1, -0.05) is 45.0 Å². The number of aromatic nitrogens is 4. The Bertz CT molecular complexity index is 1060. The fourth-order valence-corrected chi connectivity index (χ4v) is 3.02. The molecular formula is C20H26N8O. The first-order chi connectivity index (χ1) is 13.6. The Balaban J connectivity index is 1.69. The van der Waals surface area contributed by atoms with E-state index in [1.807, 2.05) is 28.8 Å². The first-order valence-corrected chi connectivity index (χ1v) is 9.37. The molecule has 0 aliphatic heterocycles. The zero-order valence-corrected chi connectivity index (χ0v) is 16.9. The van der Waals surface area contributed by atoms with Crippen molar-refractivity contribution in [1.82, 2.24) is 19.5 Å². The normalized spacial score (nSPS) is 11.6. The molecule has 0 saturated heterocycles. The van der Waals surface area contributed by atoms with Gasteiger partial charge in [-0.15, -0.1) is 0 Å². The number of aliphatic imine (C=N–C) groups is 1. The van der Waals surface area contributed by atoms with E-state index in [1.54, 1.807) is 6.33 Å². The van der Waals surface area contributed by atoms with Crippen molar-refractivity contribution in [3.05, 3.63) is 41.7 Å². The van der Waals surface area contributed by atoms with Gasteiger partial charge in [-0.05, 0) is 17.4 Å². The summed E-state index contributed by atoms with van der Waals surface area (Å²) in [6.45, 7) is 7.00. The van der Waals surface area contributed by atoms with E-state index in [4.69, 9.17) is 17.2 Å². The molecule has 0 fully saturated rings. The van der Waals surface area contributed by atoms with Gasteiger partial charge in [0.1, 0.15) is 0 Å². The van der Waals surface area contributed by atoms with Gasteiger partial charge in [0.25, 0.3) is 0 Å². The highest BCUT2D eigenvalue weighted by Crippen LogP contribution is 2.24. The van der Waals surface area contributed by atoms with E-state index in [0.29, 0.717) is 30.6 Å². The fourth-order valence-electron chi connectivity index (χ4n) is 3.02. The lowest BCUT2D eigenvalue weighted by Crippen LogP contribution is -2.22. The number of anilines is 1. The van der Waals surface area contributed by atoms with Crippen LogP contribution in [-0.4, -0.2) is 31.3 Å². The van der Waals surface area contributed by atoms with Gasteiger partial charge in [0.05, 0.1) is 6.33 Å². The maximum absolute atomic E-state index is 12.5. The number of hydrogen-bond donors (Lipinski definition) is 3. The van der Waals surface area contributed by atoms with Gasteiger partial charge in [-0.25, -0.2) is 4.98 Å². The summed E-state index contributed by atoms with van der Waals surface area (Å²) >= 11 is 0. The summed E-state index contributed by atoms with van der Waals surface area (Å²) < 4.78 is 1.81. The highest BCUT2D eigenvalue weighted by Gasteiger charge is 2.15. The van der Waals surface area contributed by atoms with Gasteiger partial charge in [0.15, 0.2) is 28.7 Å². The molecule has 0 saturated carbocycles. The van der Waals surface area contributed by atoms with Gasteiger partial charge in [0, 0.05) is 18.5 Å². The molecule has 3 aromatic rings. The topological polar surface area (TPSA) is 151 Å². The molecule has 0 unspecified atom stereocenters. The van der Waals surface area contributed by atoms with Crippen molar-refractivity contribution < 1.29 is 4.79 Å². The number of Topliss-reactive ketones (excluding diaryl/α,β-unsaturated/α-hetero) is 1. The molecule has 2 heterocycles. The zero-order chi connectivity index (χ0) is 21.2. The molecular weight excluding hydrogens is 368 g/mol. The Morgan fingerprint density at radius 3 is 2.45 bits per heavy atom. The summed E-state index contributed by atoms with van der Waals surface area (Å²) in [6.07, 6.45) is 2.66. The van der Waals surface area contributed by atoms with Crippen molar-refractivity contribution in [1.29, 1.82) is 0 Å². The van der Waals surface area contributed by atoms with Gasteiger partial charge in [0.2, 0.25) is 5.95 Å². The van der Waals surface area contributed by atoms with E-state index in [9.17, 15) is 4.79 Å². The number of aryl methyl sites for hydroxylation is 1. The Morgan fingerprint density at radius 1 is 1.14 bits per heavy atom. The summed E-state index contributed by atoms with van der Waals surface area (Å²) in [5.41, 5.74) is 19.6. The van der Waals surface area contributed by atoms with Crippen molar-refractivity contribution in [2.75, 3.05) is 5.73 Å². The summed E-state index contributed by atoms with van der Waals surface area (Å²) in [6, 6.07) is 7.82. The van der Waals surface area contributed by atoms with Gasteiger partial charge in [-0.2, -0.15) is 15.0 Å². The quantitative estimate of drug-likeness (QED) is 0.329. The maximum atomic E-state index is 12.5. The van der Waals surface area contributed by atoms with Crippen LogP contribution in [-0.2, 0) is 12.0 Å². The molecule has 9 nitrogen and oxygen atoms in total. The molecule has 0 aliphatic rings. The number of rotatable bonds is 6.